The molecule has 1 aliphatic rings. The van der Waals surface area contributed by atoms with Gasteiger partial charge in [-0.2, -0.15) is 0 Å². The highest BCUT2D eigenvalue weighted by Gasteiger charge is 2.18. The molecule has 0 spiro atoms. The molecular weight excluding hydrogens is 363 g/mol. The van der Waals surface area contributed by atoms with E-state index in [1.807, 2.05) is 31.2 Å². The number of nitrogens with zero attached hydrogens (tertiary/aromatic N) is 2. The van der Waals surface area contributed by atoms with Gasteiger partial charge in [-0.1, -0.05) is 29.3 Å². The second-order valence-corrected chi connectivity index (χ2v) is 7.35. The molecule has 2 heterocycles. The first-order valence-electron chi connectivity index (χ1n) is 9.04. The SMILES string of the molecule is Cc1ccc(O)c(-c2cc(-c3ccc(Cl)c(F)c3)cc(N3CCCC3)n2)c1. The monoisotopic (exact) mass is 382 g/mol. The van der Waals surface area contributed by atoms with Crippen LogP contribution < -0.4 is 4.90 Å². The molecule has 1 aromatic heterocycles. The van der Waals surface area contributed by atoms with Gasteiger partial charge in [0.2, 0.25) is 0 Å². The summed E-state index contributed by atoms with van der Waals surface area (Å²) in [5, 5.41) is 10.5. The molecule has 0 bridgehead atoms. The summed E-state index contributed by atoms with van der Waals surface area (Å²) in [5.74, 6) is 0.574. The number of anilines is 1. The number of phenols is 1. The van der Waals surface area contributed by atoms with E-state index in [-0.39, 0.29) is 10.8 Å². The van der Waals surface area contributed by atoms with E-state index in [9.17, 15) is 9.50 Å². The number of aromatic nitrogens is 1. The fourth-order valence-electron chi connectivity index (χ4n) is 3.46. The molecule has 2 aromatic carbocycles. The van der Waals surface area contributed by atoms with Gasteiger partial charge in [0.1, 0.15) is 17.4 Å². The Morgan fingerprint density at radius 1 is 1.00 bits per heavy atom. The summed E-state index contributed by atoms with van der Waals surface area (Å²) in [6.07, 6.45) is 2.26. The average Bonchev–Trinajstić information content (AvgIpc) is 3.20. The van der Waals surface area contributed by atoms with Crippen molar-refractivity contribution in [3.05, 3.63) is 64.9 Å². The van der Waals surface area contributed by atoms with Gasteiger partial charge >= 0.3 is 0 Å². The molecule has 0 radical (unpaired) electrons. The van der Waals surface area contributed by atoms with Gasteiger partial charge in [-0.3, -0.25) is 0 Å². The van der Waals surface area contributed by atoms with Crippen molar-refractivity contribution < 1.29 is 9.50 Å². The number of benzene rings is 2. The summed E-state index contributed by atoms with van der Waals surface area (Å²) in [4.78, 5) is 7.03. The molecule has 0 saturated carbocycles. The number of aryl methyl sites for hydroxylation is 1. The number of halogens is 2. The zero-order chi connectivity index (χ0) is 19.0. The number of phenolic OH excluding ortho intramolecular Hbond substituents is 1. The van der Waals surface area contributed by atoms with Crippen molar-refractivity contribution in [1.29, 1.82) is 0 Å². The third-order valence-corrected chi connectivity index (χ3v) is 5.23. The minimum absolute atomic E-state index is 0.101. The van der Waals surface area contributed by atoms with Crippen LogP contribution in [0.15, 0.2) is 48.5 Å². The first kappa shape index (κ1) is 17.8. The quantitative estimate of drug-likeness (QED) is 0.619. The molecule has 0 aliphatic carbocycles. The molecule has 3 aromatic rings. The molecule has 1 saturated heterocycles. The van der Waals surface area contributed by atoms with Crippen LogP contribution in [0, 0.1) is 12.7 Å². The maximum absolute atomic E-state index is 14.0. The van der Waals surface area contributed by atoms with Crippen LogP contribution in [0.2, 0.25) is 5.02 Å². The van der Waals surface area contributed by atoms with Crippen molar-refractivity contribution in [2.45, 2.75) is 19.8 Å². The van der Waals surface area contributed by atoms with Crippen LogP contribution in [-0.4, -0.2) is 23.2 Å². The smallest absolute Gasteiger partial charge is 0.142 e. The number of rotatable bonds is 3. The molecule has 0 atom stereocenters. The Morgan fingerprint density at radius 3 is 2.52 bits per heavy atom. The zero-order valence-corrected chi connectivity index (χ0v) is 15.8. The van der Waals surface area contributed by atoms with Crippen LogP contribution in [0.4, 0.5) is 10.2 Å². The molecule has 3 nitrogen and oxygen atoms in total. The van der Waals surface area contributed by atoms with Gasteiger partial charge in [0.05, 0.1) is 10.7 Å². The third-order valence-electron chi connectivity index (χ3n) is 4.92. The molecule has 0 amide bonds. The van der Waals surface area contributed by atoms with Crippen molar-refractivity contribution in [2.24, 2.45) is 0 Å². The van der Waals surface area contributed by atoms with Crippen LogP contribution in [0.25, 0.3) is 22.4 Å². The van der Waals surface area contributed by atoms with Crippen LogP contribution in [0.3, 0.4) is 0 Å². The first-order chi connectivity index (χ1) is 13.0. The van der Waals surface area contributed by atoms with E-state index < -0.39 is 5.82 Å². The summed E-state index contributed by atoms with van der Waals surface area (Å²) in [6.45, 7) is 3.87. The molecule has 1 fully saturated rings. The Hall–Kier alpha value is -2.59. The Labute approximate surface area is 163 Å². The van der Waals surface area contributed by atoms with Gasteiger partial charge in [-0.25, -0.2) is 9.37 Å². The lowest BCUT2D eigenvalue weighted by Gasteiger charge is -2.19. The normalized spacial score (nSPS) is 14.0. The van der Waals surface area contributed by atoms with Crippen LogP contribution in [0.1, 0.15) is 18.4 Å². The maximum Gasteiger partial charge on any atom is 0.142 e. The van der Waals surface area contributed by atoms with Gasteiger partial charge in [-0.05, 0) is 67.3 Å². The molecule has 4 rings (SSSR count). The highest BCUT2D eigenvalue weighted by Crippen LogP contribution is 2.35. The van der Waals surface area contributed by atoms with Crippen molar-refractivity contribution in [3.8, 4) is 28.1 Å². The topological polar surface area (TPSA) is 36.4 Å². The number of hydrogen-bond donors (Lipinski definition) is 1. The fraction of sp³-hybridized carbons (Fsp3) is 0.227. The van der Waals surface area contributed by atoms with E-state index in [4.69, 9.17) is 16.6 Å². The second-order valence-electron chi connectivity index (χ2n) is 6.94. The van der Waals surface area contributed by atoms with Crippen LogP contribution >= 0.6 is 11.6 Å². The summed E-state index contributed by atoms with van der Waals surface area (Å²) in [7, 11) is 0. The van der Waals surface area contributed by atoms with E-state index >= 15 is 0 Å². The molecule has 5 heteroatoms. The van der Waals surface area contributed by atoms with Crippen LogP contribution in [0.5, 0.6) is 5.75 Å². The second kappa shape index (κ2) is 7.20. The third kappa shape index (κ3) is 3.62. The first-order valence-corrected chi connectivity index (χ1v) is 9.41. The predicted molar refractivity (Wildman–Crippen MR) is 108 cm³/mol. The Bertz CT molecular complexity index is 1000. The van der Waals surface area contributed by atoms with Crippen LogP contribution in [-0.2, 0) is 0 Å². The minimum Gasteiger partial charge on any atom is -0.507 e. The van der Waals surface area contributed by atoms with Crippen molar-refractivity contribution in [2.75, 3.05) is 18.0 Å². The van der Waals surface area contributed by atoms with Gasteiger partial charge in [0.25, 0.3) is 0 Å². The summed E-state index contributed by atoms with van der Waals surface area (Å²) in [5.41, 5.74) is 3.96. The molecule has 1 aliphatic heterocycles. The number of pyridine rings is 1. The van der Waals surface area contributed by atoms with E-state index in [0.29, 0.717) is 11.3 Å². The summed E-state index contributed by atoms with van der Waals surface area (Å²) >= 11 is 5.84. The molecule has 138 valence electrons. The van der Waals surface area contributed by atoms with E-state index in [1.54, 1.807) is 18.2 Å². The Balaban J connectivity index is 1.89. The van der Waals surface area contributed by atoms with Crippen molar-refractivity contribution in [3.63, 3.8) is 0 Å². The van der Waals surface area contributed by atoms with Gasteiger partial charge in [-0.15, -0.1) is 0 Å². The fourth-order valence-corrected chi connectivity index (χ4v) is 3.58. The highest BCUT2D eigenvalue weighted by molar-refractivity contribution is 6.30. The highest BCUT2D eigenvalue weighted by atomic mass is 35.5. The van der Waals surface area contributed by atoms with E-state index in [1.165, 1.54) is 6.07 Å². The maximum atomic E-state index is 14.0. The van der Waals surface area contributed by atoms with Crippen molar-refractivity contribution in [1.82, 2.24) is 4.98 Å². The van der Waals surface area contributed by atoms with Gasteiger partial charge in [0, 0.05) is 18.7 Å². The Morgan fingerprint density at radius 2 is 1.78 bits per heavy atom. The predicted octanol–water partition coefficient (Wildman–Crippen LogP) is 5.82. The van der Waals surface area contributed by atoms with Gasteiger partial charge in [0.15, 0.2) is 0 Å². The molecule has 27 heavy (non-hydrogen) atoms. The minimum atomic E-state index is -0.450. The van der Waals surface area contributed by atoms with E-state index in [0.717, 1.165) is 48.4 Å². The molecule has 1 N–H and O–H groups in total. The van der Waals surface area contributed by atoms with Crippen molar-refractivity contribution >= 4 is 17.4 Å². The zero-order valence-electron chi connectivity index (χ0n) is 15.0. The number of hydrogen-bond acceptors (Lipinski definition) is 3. The standard InChI is InChI=1S/C22H20ClFN2O/c1-14-4-7-21(27)17(10-14)20-12-16(15-5-6-18(23)19(24)11-15)13-22(25-20)26-8-2-3-9-26/h4-7,10-13,27H,2-3,8-9H2,1H3. The lowest BCUT2D eigenvalue weighted by molar-refractivity contribution is 0.477. The summed E-state index contributed by atoms with van der Waals surface area (Å²) in [6, 6.07) is 14.1. The number of aromatic hydroxyl groups is 1. The summed E-state index contributed by atoms with van der Waals surface area (Å²) < 4.78 is 14.0. The van der Waals surface area contributed by atoms with Gasteiger partial charge < -0.3 is 10.0 Å². The lowest BCUT2D eigenvalue weighted by Crippen LogP contribution is -2.19. The van der Waals surface area contributed by atoms with E-state index in [2.05, 4.69) is 4.90 Å². The lowest BCUT2D eigenvalue weighted by atomic mass is 10.0. The average molecular weight is 383 g/mol. The molecule has 0 unspecified atom stereocenters. The molecular formula is C22H20ClFN2O. The largest absolute Gasteiger partial charge is 0.507 e. The Kier molecular flexibility index (Phi) is 4.75.